The number of carbonyl (C=O) groups excluding carboxylic acids is 1. The van der Waals surface area contributed by atoms with Gasteiger partial charge < -0.3 is 31.7 Å². The molecule has 5 atom stereocenters. The van der Waals surface area contributed by atoms with Crippen LogP contribution in [-0.4, -0.2) is 58.5 Å². The molecule has 332 valence electrons. The fourth-order valence-corrected chi connectivity index (χ4v) is 8.79. The molecule has 0 fully saturated rings. The van der Waals surface area contributed by atoms with Crippen molar-refractivity contribution in [3.05, 3.63) is 166 Å². The van der Waals surface area contributed by atoms with Gasteiger partial charge in [0.15, 0.2) is 0 Å². The molecule has 0 bridgehead atoms. The van der Waals surface area contributed by atoms with E-state index in [2.05, 4.69) is 56.8 Å². The van der Waals surface area contributed by atoms with E-state index in [1.54, 1.807) is 60.0 Å². The minimum absolute atomic E-state index is 0.0546. The Bertz CT molecular complexity index is 2870. The van der Waals surface area contributed by atoms with Crippen LogP contribution in [-0.2, 0) is 28.5 Å². The zero-order valence-corrected chi connectivity index (χ0v) is 37.2. The minimum Gasteiger partial charge on any atom is -0.481 e. The number of hydrogen-bond acceptors (Lipinski definition) is 11. The van der Waals surface area contributed by atoms with Crippen LogP contribution in [0.5, 0.6) is 0 Å². The molecule has 14 heteroatoms. The van der Waals surface area contributed by atoms with E-state index in [9.17, 15) is 25.7 Å². The Morgan fingerprint density at radius 3 is 2.17 bits per heavy atom. The quantitative estimate of drug-likeness (QED) is 0.0585. The van der Waals surface area contributed by atoms with Crippen molar-refractivity contribution in [2.24, 2.45) is 7.05 Å². The third-order valence-corrected chi connectivity index (χ3v) is 12.8. The number of nitrogens with zero attached hydrogens (tertiary/aromatic N) is 6. The summed E-state index contributed by atoms with van der Waals surface area (Å²) >= 11 is 0. The Morgan fingerprint density at radius 1 is 0.833 bits per heavy atom. The van der Waals surface area contributed by atoms with Gasteiger partial charge in [0.05, 0.1) is 75.2 Å². The van der Waals surface area contributed by atoms with Crippen LogP contribution < -0.4 is 31.5 Å². The molecule has 1 amide bonds. The van der Waals surface area contributed by atoms with E-state index in [0.29, 0.717) is 59.8 Å². The van der Waals surface area contributed by atoms with Gasteiger partial charge >= 0.3 is 5.97 Å². The predicted molar refractivity (Wildman–Crippen MR) is 254 cm³/mol. The summed E-state index contributed by atoms with van der Waals surface area (Å²) in [7, 11) is 1.83. The van der Waals surface area contributed by atoms with Gasteiger partial charge in [0.2, 0.25) is 0 Å². The normalized spacial score (nSPS) is 16.7. The highest BCUT2D eigenvalue weighted by Gasteiger charge is 2.41. The molecule has 0 radical (unpaired) electrons. The molecule has 5 aromatic carbocycles. The number of anilines is 5. The summed E-state index contributed by atoms with van der Waals surface area (Å²) < 4.78 is 1.70. The van der Waals surface area contributed by atoms with Gasteiger partial charge in [-0.3, -0.25) is 19.2 Å². The summed E-state index contributed by atoms with van der Waals surface area (Å²) in [5.41, 5.74) is 8.41. The number of nitrogens with one attached hydrogen (secondary N) is 5. The van der Waals surface area contributed by atoms with Crippen LogP contribution in [0.4, 0.5) is 28.4 Å². The largest absolute Gasteiger partial charge is 0.481 e. The second-order valence-corrected chi connectivity index (χ2v) is 17.4. The highest BCUT2D eigenvalue weighted by Crippen LogP contribution is 2.42. The molecule has 6 N–H and O–H groups in total. The highest BCUT2D eigenvalue weighted by molar-refractivity contribution is 6.11. The standard InChI is InChI=1S/C52H51N11O3/c1-32(35-15-19-40(20-16-35)52(2,3)51(65)66)28-58-45(43-30-57-42-9-5-7-37(26-54)46(42)60-43)36-17-21-41(22-18-36)63-44-10-6-8-38(27-55)47(44)61-49(50(63)64)48(39-29-59-62(4)31-39)56-24-23-33-11-13-34(25-53)14-12-33/h5-22,29,31-32,43,45,48-49,56-58,60-61H,23-24,28,30H2,1-4H3,(H,65,66)/t32-,43+,45+,48-,49-/m0/s1. The molecular formula is C52H51N11O3. The van der Waals surface area contributed by atoms with Crippen molar-refractivity contribution in [2.45, 2.75) is 62.7 Å². The molecule has 0 saturated heterocycles. The predicted octanol–water partition coefficient (Wildman–Crippen LogP) is 7.77. The average Bonchev–Trinajstić information content (AvgIpc) is 3.78. The molecule has 8 rings (SSSR count). The van der Waals surface area contributed by atoms with Gasteiger partial charge in [0.25, 0.3) is 5.91 Å². The molecule has 66 heavy (non-hydrogen) atoms. The van der Waals surface area contributed by atoms with E-state index in [1.807, 2.05) is 92.1 Å². The number of carboxylic acid groups (broad SMARTS) is 1. The van der Waals surface area contributed by atoms with Crippen LogP contribution in [0.15, 0.2) is 122 Å². The summed E-state index contributed by atoms with van der Waals surface area (Å²) in [4.78, 5) is 28.7. The van der Waals surface area contributed by atoms with Crippen molar-refractivity contribution in [1.29, 1.82) is 15.8 Å². The van der Waals surface area contributed by atoms with Crippen LogP contribution in [0.25, 0.3) is 0 Å². The Morgan fingerprint density at radius 2 is 1.52 bits per heavy atom. The Labute approximate surface area is 384 Å². The summed E-state index contributed by atoms with van der Waals surface area (Å²) in [6.45, 7) is 7.18. The topological polar surface area (TPSA) is 207 Å². The van der Waals surface area contributed by atoms with Gasteiger partial charge in [-0.05, 0) is 104 Å². The van der Waals surface area contributed by atoms with Gasteiger partial charge in [-0.1, -0.05) is 67.6 Å². The fraction of sp³-hybridized carbons (Fsp3) is 0.269. The van der Waals surface area contributed by atoms with Crippen LogP contribution in [0.3, 0.4) is 0 Å². The molecule has 14 nitrogen and oxygen atoms in total. The number of amides is 1. The second kappa shape index (κ2) is 19.0. The number of aliphatic carboxylic acids is 1. The Balaban J connectivity index is 1.10. The number of nitriles is 3. The van der Waals surface area contributed by atoms with E-state index < -0.39 is 23.5 Å². The van der Waals surface area contributed by atoms with Gasteiger partial charge in [-0.15, -0.1) is 0 Å². The monoisotopic (exact) mass is 877 g/mol. The lowest BCUT2D eigenvalue weighted by Gasteiger charge is -2.39. The molecule has 2 aliphatic rings. The zero-order valence-electron chi connectivity index (χ0n) is 37.2. The molecule has 0 saturated carbocycles. The van der Waals surface area contributed by atoms with Crippen molar-refractivity contribution in [2.75, 3.05) is 40.5 Å². The third-order valence-electron chi connectivity index (χ3n) is 12.8. The first-order valence-corrected chi connectivity index (χ1v) is 22.0. The number of para-hydroxylation sites is 2. The lowest BCUT2D eigenvalue weighted by atomic mass is 9.83. The maximum absolute atomic E-state index is 15.1. The third kappa shape index (κ3) is 9.04. The molecule has 0 aliphatic carbocycles. The fourth-order valence-electron chi connectivity index (χ4n) is 8.79. The molecule has 2 aliphatic heterocycles. The summed E-state index contributed by atoms with van der Waals surface area (Å²) in [6.07, 6.45) is 4.28. The maximum atomic E-state index is 15.1. The molecular weight excluding hydrogens is 827 g/mol. The lowest BCUT2D eigenvalue weighted by molar-refractivity contribution is -0.142. The number of carboxylic acids is 1. The highest BCUT2D eigenvalue weighted by atomic mass is 16.4. The van der Waals surface area contributed by atoms with Crippen molar-refractivity contribution in [1.82, 2.24) is 20.4 Å². The Hall–Kier alpha value is -7.96. The van der Waals surface area contributed by atoms with E-state index >= 15 is 4.79 Å². The molecule has 3 heterocycles. The number of carbonyl (C=O) groups is 2. The number of fused-ring (bicyclic) bond motifs is 2. The van der Waals surface area contributed by atoms with E-state index in [4.69, 9.17) is 0 Å². The van der Waals surface area contributed by atoms with Crippen LogP contribution in [0.2, 0.25) is 0 Å². The summed E-state index contributed by atoms with van der Waals surface area (Å²) in [5.74, 6) is -1.05. The maximum Gasteiger partial charge on any atom is 0.313 e. The lowest BCUT2D eigenvalue weighted by Crippen LogP contribution is -2.51. The van der Waals surface area contributed by atoms with E-state index in [1.165, 1.54) is 0 Å². The van der Waals surface area contributed by atoms with E-state index in [0.717, 1.165) is 39.2 Å². The van der Waals surface area contributed by atoms with E-state index in [-0.39, 0.29) is 23.9 Å². The first kappa shape index (κ1) is 44.6. The number of hydrogen-bond donors (Lipinski definition) is 6. The smallest absolute Gasteiger partial charge is 0.313 e. The van der Waals surface area contributed by atoms with Crippen molar-refractivity contribution >= 4 is 40.3 Å². The van der Waals surface area contributed by atoms with Crippen molar-refractivity contribution in [3.8, 4) is 18.2 Å². The van der Waals surface area contributed by atoms with Gasteiger partial charge in [0, 0.05) is 37.6 Å². The average molecular weight is 878 g/mol. The summed E-state index contributed by atoms with van der Waals surface area (Å²) in [5, 5.41) is 61.9. The molecule has 6 aromatic rings. The molecule has 0 spiro atoms. The first-order chi connectivity index (χ1) is 31.9. The first-order valence-electron chi connectivity index (χ1n) is 22.0. The number of aromatic nitrogens is 2. The summed E-state index contributed by atoms with van der Waals surface area (Å²) in [6, 6.07) is 39.0. The van der Waals surface area contributed by atoms with Gasteiger partial charge in [-0.2, -0.15) is 20.9 Å². The number of aryl methyl sites for hydroxylation is 1. The van der Waals surface area contributed by atoms with Crippen LogP contribution >= 0.6 is 0 Å². The Kier molecular flexibility index (Phi) is 12.9. The minimum atomic E-state index is -1.02. The van der Waals surface area contributed by atoms with Crippen molar-refractivity contribution < 1.29 is 14.7 Å². The number of benzene rings is 5. The van der Waals surface area contributed by atoms with Crippen LogP contribution in [0.1, 0.15) is 83.3 Å². The van der Waals surface area contributed by atoms with Crippen LogP contribution in [0, 0.1) is 34.0 Å². The SMILES string of the molecule is C[C@@H](CN[C@H](c1ccc(N2C(=O)[C@H]([C@@H](NCCc3ccc(C#N)cc3)c3cnn(C)c3)Nc3c(C#N)cccc32)cc1)[C@H]1CNc2cccc(C#N)c2N1)c1ccc(C(C)(C)C(=O)O)cc1. The van der Waals surface area contributed by atoms with Gasteiger partial charge in [-0.25, -0.2) is 0 Å². The molecule has 1 aromatic heterocycles. The zero-order chi connectivity index (χ0) is 46.5. The van der Waals surface area contributed by atoms with Crippen molar-refractivity contribution in [3.63, 3.8) is 0 Å². The molecule has 0 unspecified atom stereocenters. The van der Waals surface area contributed by atoms with Gasteiger partial charge in [0.1, 0.15) is 18.2 Å². The number of rotatable bonds is 15. The second-order valence-electron chi connectivity index (χ2n) is 17.4.